The van der Waals surface area contributed by atoms with E-state index >= 15 is 0 Å². The number of hydrogen-bond donors (Lipinski definition) is 2. The van der Waals surface area contributed by atoms with E-state index in [1.807, 2.05) is 0 Å². The number of unbranched alkanes of at least 4 members (excludes halogenated alkanes) is 21. The number of ether oxygens (including phenoxy) is 2. The van der Waals surface area contributed by atoms with Gasteiger partial charge in [-0.2, -0.15) is 0 Å². The van der Waals surface area contributed by atoms with Crippen molar-refractivity contribution in [1.82, 2.24) is 0 Å². The molecule has 244 valence electrons. The lowest BCUT2D eigenvalue weighted by atomic mass is 10.0. The molecule has 2 N–H and O–H groups in total. The minimum absolute atomic E-state index is 0.218. The third-order valence-electron chi connectivity index (χ3n) is 7.38. The van der Waals surface area contributed by atoms with E-state index < -0.39 is 32.5 Å². The Morgan fingerprint density at radius 3 is 1.27 bits per heavy atom. The Hall–Kier alpha value is -0.950. The maximum Gasteiger partial charge on any atom is 0.469 e. The molecule has 0 aromatic heterocycles. The molecule has 0 aromatic rings. The van der Waals surface area contributed by atoms with Gasteiger partial charge >= 0.3 is 19.8 Å². The van der Waals surface area contributed by atoms with Crippen molar-refractivity contribution >= 4 is 19.8 Å². The molecule has 0 aliphatic rings. The summed E-state index contributed by atoms with van der Waals surface area (Å²) in [4.78, 5) is 42.1. The number of hydrogen-bond acceptors (Lipinski definition) is 6. The topological polar surface area (TPSA) is 119 Å². The summed E-state index contributed by atoms with van der Waals surface area (Å²) in [5.74, 6) is -0.896. The van der Waals surface area contributed by atoms with Crippen molar-refractivity contribution in [3.63, 3.8) is 0 Å². The lowest BCUT2D eigenvalue weighted by molar-refractivity contribution is -0.161. The third kappa shape index (κ3) is 31.8. The summed E-state index contributed by atoms with van der Waals surface area (Å²) in [6.45, 7) is 3.54. The molecule has 1 atom stereocenters. The molecule has 0 radical (unpaired) electrons. The zero-order chi connectivity index (χ0) is 30.4. The van der Waals surface area contributed by atoms with Gasteiger partial charge in [0.2, 0.25) is 0 Å². The van der Waals surface area contributed by atoms with Crippen molar-refractivity contribution in [2.45, 2.75) is 180 Å². The second-order valence-electron chi connectivity index (χ2n) is 11.5. The van der Waals surface area contributed by atoms with E-state index in [0.717, 1.165) is 38.5 Å². The zero-order valence-electron chi connectivity index (χ0n) is 26.5. The first-order chi connectivity index (χ1) is 19.8. The SMILES string of the molecule is CCCCCCCCCCCCCCCCCCCCCC(=O)OC(COC(=O)CCCCCC)COP(=O)(O)O. The highest BCUT2D eigenvalue weighted by Crippen LogP contribution is 2.36. The van der Waals surface area contributed by atoms with Crippen LogP contribution in [0.4, 0.5) is 0 Å². The van der Waals surface area contributed by atoms with Crippen LogP contribution in [-0.2, 0) is 28.2 Å². The van der Waals surface area contributed by atoms with Crippen LogP contribution in [0.3, 0.4) is 0 Å². The largest absolute Gasteiger partial charge is 0.469 e. The Labute approximate surface area is 251 Å². The summed E-state index contributed by atoms with van der Waals surface area (Å²) in [7, 11) is -4.73. The molecule has 0 aliphatic heterocycles. The Kier molecular flexibility index (Phi) is 28.5. The minimum atomic E-state index is -4.73. The molecule has 0 saturated heterocycles. The van der Waals surface area contributed by atoms with Crippen molar-refractivity contribution in [1.29, 1.82) is 0 Å². The smallest absolute Gasteiger partial charge is 0.462 e. The normalized spacial score (nSPS) is 12.4. The Bertz CT molecular complexity index is 652. The van der Waals surface area contributed by atoms with Gasteiger partial charge in [0.05, 0.1) is 6.61 Å². The monoisotopic (exact) mass is 606 g/mol. The van der Waals surface area contributed by atoms with Crippen LogP contribution in [0, 0.1) is 0 Å². The van der Waals surface area contributed by atoms with Gasteiger partial charge in [0.1, 0.15) is 6.61 Å². The van der Waals surface area contributed by atoms with E-state index in [0.29, 0.717) is 6.42 Å². The van der Waals surface area contributed by atoms with Gasteiger partial charge < -0.3 is 19.3 Å². The number of rotatable bonds is 31. The van der Waals surface area contributed by atoms with Gasteiger partial charge in [-0.3, -0.25) is 14.1 Å². The van der Waals surface area contributed by atoms with Crippen LogP contribution >= 0.6 is 7.82 Å². The van der Waals surface area contributed by atoms with Crippen LogP contribution < -0.4 is 0 Å². The van der Waals surface area contributed by atoms with E-state index in [9.17, 15) is 14.2 Å². The standard InChI is InChI=1S/C32H63O8P/c1-3-5-7-9-10-11-12-13-14-15-16-17-18-19-20-21-22-23-25-27-32(34)40-30(29-39-41(35,36)37)28-38-31(33)26-24-8-6-4-2/h30H,3-29H2,1-2H3,(H2,35,36,37). The van der Waals surface area contributed by atoms with Gasteiger partial charge in [0.15, 0.2) is 6.10 Å². The first-order valence-electron chi connectivity index (χ1n) is 16.8. The summed E-state index contributed by atoms with van der Waals surface area (Å²) in [6.07, 6.45) is 27.5. The summed E-state index contributed by atoms with van der Waals surface area (Å²) >= 11 is 0. The van der Waals surface area contributed by atoms with Crippen LogP contribution in [0.15, 0.2) is 0 Å². The number of carbonyl (C=O) groups is 2. The third-order valence-corrected chi connectivity index (χ3v) is 7.86. The number of esters is 2. The molecular formula is C32H63O8P. The molecule has 0 rings (SSSR count). The molecule has 8 nitrogen and oxygen atoms in total. The highest BCUT2D eigenvalue weighted by Gasteiger charge is 2.22. The van der Waals surface area contributed by atoms with E-state index in [1.54, 1.807) is 0 Å². The van der Waals surface area contributed by atoms with Crippen molar-refractivity contribution in [3.05, 3.63) is 0 Å². The fourth-order valence-corrected chi connectivity index (χ4v) is 5.20. The summed E-state index contributed by atoms with van der Waals surface area (Å²) in [5.41, 5.74) is 0. The molecule has 0 aromatic carbocycles. The molecule has 0 fully saturated rings. The summed E-state index contributed by atoms with van der Waals surface area (Å²) in [5, 5.41) is 0. The van der Waals surface area contributed by atoms with Gasteiger partial charge in [-0.25, -0.2) is 4.57 Å². The molecule has 0 saturated carbocycles. The lowest BCUT2D eigenvalue weighted by Crippen LogP contribution is -2.29. The van der Waals surface area contributed by atoms with Crippen LogP contribution in [-0.4, -0.2) is 41.0 Å². The quantitative estimate of drug-likeness (QED) is 0.0455. The molecule has 0 aliphatic carbocycles. The summed E-state index contributed by atoms with van der Waals surface area (Å²) in [6, 6.07) is 0. The van der Waals surface area contributed by atoms with Gasteiger partial charge in [0, 0.05) is 12.8 Å². The fourth-order valence-electron chi connectivity index (χ4n) is 4.84. The van der Waals surface area contributed by atoms with E-state index in [1.165, 1.54) is 103 Å². The molecule has 9 heteroatoms. The van der Waals surface area contributed by atoms with Crippen LogP contribution in [0.5, 0.6) is 0 Å². The zero-order valence-corrected chi connectivity index (χ0v) is 27.4. The fraction of sp³-hybridized carbons (Fsp3) is 0.938. The number of carbonyl (C=O) groups excluding carboxylic acids is 2. The lowest BCUT2D eigenvalue weighted by Gasteiger charge is -2.18. The Morgan fingerprint density at radius 1 is 0.537 bits per heavy atom. The van der Waals surface area contributed by atoms with Crippen molar-refractivity contribution in [2.75, 3.05) is 13.2 Å². The highest BCUT2D eigenvalue weighted by molar-refractivity contribution is 7.46. The molecular weight excluding hydrogens is 543 g/mol. The van der Waals surface area contributed by atoms with E-state index in [-0.39, 0.29) is 19.4 Å². The first kappa shape index (κ1) is 40.1. The maximum atomic E-state index is 12.2. The molecule has 1 unspecified atom stereocenters. The van der Waals surface area contributed by atoms with E-state index in [4.69, 9.17) is 19.3 Å². The number of phosphoric ester groups is 1. The van der Waals surface area contributed by atoms with Crippen molar-refractivity contribution in [2.24, 2.45) is 0 Å². The van der Waals surface area contributed by atoms with Crippen molar-refractivity contribution < 1.29 is 37.9 Å². The molecule has 0 heterocycles. The van der Waals surface area contributed by atoms with Gasteiger partial charge in [-0.1, -0.05) is 149 Å². The Morgan fingerprint density at radius 2 is 0.878 bits per heavy atom. The molecule has 0 amide bonds. The van der Waals surface area contributed by atoms with E-state index in [2.05, 4.69) is 18.4 Å². The molecule has 41 heavy (non-hydrogen) atoms. The van der Waals surface area contributed by atoms with Crippen molar-refractivity contribution in [3.8, 4) is 0 Å². The van der Waals surface area contributed by atoms with Gasteiger partial charge in [-0.05, 0) is 12.8 Å². The second-order valence-corrected chi connectivity index (χ2v) is 12.7. The molecule has 0 spiro atoms. The predicted molar refractivity (Wildman–Crippen MR) is 166 cm³/mol. The van der Waals surface area contributed by atoms with Gasteiger partial charge in [-0.15, -0.1) is 0 Å². The minimum Gasteiger partial charge on any atom is -0.462 e. The highest BCUT2D eigenvalue weighted by atomic mass is 31.2. The summed E-state index contributed by atoms with van der Waals surface area (Å²) < 4.78 is 26.0. The number of phosphoric acid groups is 1. The second kappa shape index (κ2) is 29.1. The first-order valence-corrected chi connectivity index (χ1v) is 18.4. The average Bonchev–Trinajstić information content (AvgIpc) is 2.93. The average molecular weight is 607 g/mol. The predicted octanol–water partition coefficient (Wildman–Crippen LogP) is 9.34. The molecule has 0 bridgehead atoms. The Balaban J connectivity index is 3.77. The van der Waals surface area contributed by atoms with Gasteiger partial charge in [0.25, 0.3) is 0 Å². The van der Waals surface area contributed by atoms with Crippen LogP contribution in [0.1, 0.15) is 174 Å². The van der Waals surface area contributed by atoms with Crippen LogP contribution in [0.25, 0.3) is 0 Å². The maximum absolute atomic E-state index is 12.2. The van der Waals surface area contributed by atoms with Crippen LogP contribution in [0.2, 0.25) is 0 Å².